The van der Waals surface area contributed by atoms with Gasteiger partial charge in [0.05, 0.1) is 18.4 Å². The summed E-state index contributed by atoms with van der Waals surface area (Å²) in [6, 6.07) is 0. The van der Waals surface area contributed by atoms with Crippen LogP contribution in [0.15, 0.2) is 35.5 Å². The van der Waals surface area contributed by atoms with Crippen molar-refractivity contribution in [1.82, 2.24) is 0 Å². The Labute approximate surface area is 165 Å². The molecule has 1 aliphatic heterocycles. The highest BCUT2D eigenvalue weighted by Crippen LogP contribution is 2.37. The van der Waals surface area contributed by atoms with E-state index in [2.05, 4.69) is 6.58 Å². The third-order valence-corrected chi connectivity index (χ3v) is 5.35. The average Bonchev–Trinajstić information content (AvgIpc) is 2.97. The quantitative estimate of drug-likeness (QED) is 0.319. The van der Waals surface area contributed by atoms with Crippen molar-refractivity contribution in [2.45, 2.75) is 51.4 Å². The molecule has 1 aliphatic carbocycles. The first-order chi connectivity index (χ1) is 13.4. The molecule has 7 nitrogen and oxygen atoms in total. The summed E-state index contributed by atoms with van der Waals surface area (Å²) in [5, 5.41) is 9.63. The summed E-state index contributed by atoms with van der Waals surface area (Å²) in [5.41, 5.74) is 1.13. The van der Waals surface area contributed by atoms with E-state index in [-0.39, 0.29) is 18.1 Å². The van der Waals surface area contributed by atoms with E-state index >= 15 is 0 Å². The van der Waals surface area contributed by atoms with Crippen molar-refractivity contribution in [3.63, 3.8) is 0 Å². The smallest absolute Gasteiger partial charge is 0.334 e. The Morgan fingerprint density at radius 2 is 2.21 bits per heavy atom. The molecule has 1 heterocycles. The minimum atomic E-state index is -0.971. The molecule has 0 aromatic heterocycles. The number of aldehydes is 1. The first-order valence-corrected chi connectivity index (χ1v) is 9.46. The molecule has 0 spiro atoms. The van der Waals surface area contributed by atoms with Gasteiger partial charge < -0.3 is 19.3 Å². The second-order valence-electron chi connectivity index (χ2n) is 7.13. The predicted octanol–water partition coefficient (Wildman–Crippen LogP) is 1.89. The topological polar surface area (TPSA) is 99.1 Å². The van der Waals surface area contributed by atoms with Gasteiger partial charge in [-0.15, -0.1) is 0 Å². The lowest BCUT2D eigenvalue weighted by Gasteiger charge is -2.33. The zero-order valence-corrected chi connectivity index (χ0v) is 16.6. The molecule has 0 unspecified atom stereocenters. The van der Waals surface area contributed by atoms with E-state index in [1.165, 1.54) is 7.11 Å². The van der Waals surface area contributed by atoms with Gasteiger partial charge in [-0.25, -0.2) is 4.79 Å². The highest BCUT2D eigenvalue weighted by atomic mass is 16.6. The summed E-state index contributed by atoms with van der Waals surface area (Å²) >= 11 is 0. The van der Waals surface area contributed by atoms with E-state index in [9.17, 15) is 19.5 Å². The predicted molar refractivity (Wildman–Crippen MR) is 101 cm³/mol. The Hall–Kier alpha value is -2.25. The van der Waals surface area contributed by atoms with Gasteiger partial charge in [0.15, 0.2) is 0 Å². The molecule has 0 aromatic carbocycles. The van der Waals surface area contributed by atoms with Crippen LogP contribution in [0.3, 0.4) is 0 Å². The van der Waals surface area contributed by atoms with Crippen LogP contribution in [0.1, 0.15) is 33.1 Å². The molecule has 7 heteroatoms. The van der Waals surface area contributed by atoms with E-state index in [1.54, 1.807) is 19.1 Å². The summed E-state index contributed by atoms with van der Waals surface area (Å²) in [6.07, 6.45) is 3.01. The van der Waals surface area contributed by atoms with Crippen LogP contribution in [0.25, 0.3) is 0 Å². The van der Waals surface area contributed by atoms with Crippen molar-refractivity contribution in [3.8, 4) is 0 Å². The minimum Gasteiger partial charge on any atom is -0.458 e. The van der Waals surface area contributed by atoms with Crippen molar-refractivity contribution < 1.29 is 33.7 Å². The second kappa shape index (κ2) is 9.80. The third-order valence-electron chi connectivity index (χ3n) is 5.35. The molecule has 0 amide bonds. The molecule has 0 radical (unpaired) electrons. The average molecular weight is 392 g/mol. The number of fused-ring (bicyclic) bond motifs is 1. The number of carbonyl (C=O) groups excluding carboxylic acids is 3. The maximum atomic E-state index is 12.6. The standard InChI is InChI=1S/C21H28O7/c1-5-12(2)20(24)28-19-17-13(3)21(25)27-16(17)9-14(10-22)7-6-8-15(11-23)18(19)26-4/h8-9,11-12,16-19,22H,3,5-7,10H2,1-2,4H3/b14-9+,15-8-/t12-,16-,17+,18+,19-/m1/s1. The Morgan fingerprint density at radius 3 is 2.79 bits per heavy atom. The zero-order valence-electron chi connectivity index (χ0n) is 16.6. The van der Waals surface area contributed by atoms with Crippen LogP contribution in [0, 0.1) is 11.8 Å². The minimum absolute atomic E-state index is 0.147. The summed E-state index contributed by atoms with van der Waals surface area (Å²) < 4.78 is 16.7. The zero-order chi connectivity index (χ0) is 20.8. The SMILES string of the molecule is C=C1C(=O)O[C@@H]2/C=C(/CO)CC/C=C(/C=O)[C@H](OC)[C@H](OC(=O)[C@H](C)CC)[C@@H]12. The summed E-state index contributed by atoms with van der Waals surface area (Å²) in [4.78, 5) is 36.5. The van der Waals surface area contributed by atoms with Crippen molar-refractivity contribution in [1.29, 1.82) is 0 Å². The molecule has 0 aromatic rings. The number of aliphatic hydroxyl groups excluding tert-OH is 1. The number of carbonyl (C=O) groups is 3. The molecule has 5 atom stereocenters. The molecule has 0 bridgehead atoms. The largest absolute Gasteiger partial charge is 0.458 e. The summed E-state index contributed by atoms with van der Waals surface area (Å²) in [7, 11) is 1.42. The van der Waals surface area contributed by atoms with Crippen LogP contribution in [0.4, 0.5) is 0 Å². The van der Waals surface area contributed by atoms with Crippen LogP contribution in [0.5, 0.6) is 0 Å². The molecular formula is C21H28O7. The first-order valence-electron chi connectivity index (χ1n) is 9.46. The second-order valence-corrected chi connectivity index (χ2v) is 7.13. The summed E-state index contributed by atoms with van der Waals surface area (Å²) in [5.74, 6) is -2.13. The number of esters is 2. The number of ether oxygens (including phenoxy) is 3. The van der Waals surface area contributed by atoms with Gasteiger partial charge in [-0.3, -0.25) is 9.59 Å². The van der Waals surface area contributed by atoms with Gasteiger partial charge in [0.1, 0.15) is 24.6 Å². The van der Waals surface area contributed by atoms with Gasteiger partial charge in [-0.2, -0.15) is 0 Å². The molecule has 1 saturated heterocycles. The van der Waals surface area contributed by atoms with Crippen molar-refractivity contribution in [2.24, 2.45) is 11.8 Å². The Morgan fingerprint density at radius 1 is 1.50 bits per heavy atom. The van der Waals surface area contributed by atoms with Gasteiger partial charge >= 0.3 is 11.9 Å². The molecule has 154 valence electrons. The summed E-state index contributed by atoms with van der Waals surface area (Å²) in [6.45, 7) is 7.22. The van der Waals surface area contributed by atoms with Crippen molar-refractivity contribution in [2.75, 3.05) is 13.7 Å². The fourth-order valence-electron chi connectivity index (χ4n) is 3.43. The Balaban J connectivity index is 2.56. The first kappa shape index (κ1) is 22.0. The lowest BCUT2D eigenvalue weighted by molar-refractivity contribution is -0.164. The van der Waals surface area contributed by atoms with E-state index in [1.807, 2.05) is 6.92 Å². The number of hydrogen-bond acceptors (Lipinski definition) is 7. The Bertz CT molecular complexity index is 691. The number of rotatable bonds is 6. The maximum Gasteiger partial charge on any atom is 0.334 e. The molecule has 1 N–H and O–H groups in total. The van der Waals surface area contributed by atoms with Crippen LogP contribution in [-0.4, -0.2) is 55.4 Å². The normalized spacial score (nSPS) is 32.9. The van der Waals surface area contributed by atoms with Gasteiger partial charge in [0, 0.05) is 18.3 Å². The van der Waals surface area contributed by atoms with Crippen molar-refractivity contribution in [3.05, 3.63) is 35.5 Å². The monoisotopic (exact) mass is 392 g/mol. The molecule has 2 rings (SSSR count). The molecule has 28 heavy (non-hydrogen) atoms. The van der Waals surface area contributed by atoms with E-state index in [0.717, 1.165) is 0 Å². The van der Waals surface area contributed by atoms with E-state index in [4.69, 9.17) is 14.2 Å². The van der Waals surface area contributed by atoms with Crippen LogP contribution in [-0.2, 0) is 28.6 Å². The lowest BCUT2D eigenvalue weighted by Crippen LogP contribution is -2.44. The van der Waals surface area contributed by atoms with Gasteiger partial charge in [0.2, 0.25) is 0 Å². The van der Waals surface area contributed by atoms with Crippen LogP contribution < -0.4 is 0 Å². The number of hydrogen-bond donors (Lipinski definition) is 1. The molecule has 1 fully saturated rings. The molecule has 2 aliphatic rings. The number of allylic oxidation sites excluding steroid dienone is 1. The highest BCUT2D eigenvalue weighted by molar-refractivity contribution is 5.91. The maximum absolute atomic E-state index is 12.6. The van der Waals surface area contributed by atoms with Gasteiger partial charge in [-0.1, -0.05) is 26.5 Å². The van der Waals surface area contributed by atoms with Crippen molar-refractivity contribution >= 4 is 18.2 Å². The number of methoxy groups -OCH3 is 1. The highest BCUT2D eigenvalue weighted by Gasteiger charge is 2.48. The Kier molecular flexibility index (Phi) is 7.71. The van der Waals surface area contributed by atoms with E-state index < -0.39 is 36.2 Å². The number of aliphatic hydroxyl groups is 1. The van der Waals surface area contributed by atoms with Gasteiger partial charge in [0.25, 0.3) is 0 Å². The van der Waals surface area contributed by atoms with Crippen LogP contribution in [0.2, 0.25) is 0 Å². The van der Waals surface area contributed by atoms with Gasteiger partial charge in [-0.05, 0) is 30.9 Å². The molecular weight excluding hydrogens is 364 g/mol. The fraction of sp³-hybridized carbons (Fsp3) is 0.571. The third kappa shape index (κ3) is 4.59. The van der Waals surface area contributed by atoms with Crippen LogP contribution >= 0.6 is 0 Å². The lowest BCUT2D eigenvalue weighted by atomic mass is 9.83. The fourth-order valence-corrected chi connectivity index (χ4v) is 3.43. The van der Waals surface area contributed by atoms with E-state index in [0.29, 0.717) is 36.7 Å². The molecule has 0 saturated carbocycles.